The molecule has 1 saturated heterocycles. The number of hydrogen-bond donors (Lipinski definition) is 0. The van der Waals surface area contributed by atoms with Gasteiger partial charge in [0, 0.05) is 24.4 Å². The highest BCUT2D eigenvalue weighted by atomic mass is 16.2. The molecule has 1 aliphatic carbocycles. The summed E-state index contributed by atoms with van der Waals surface area (Å²) in [6.45, 7) is 6.69. The minimum absolute atomic E-state index is 0.0265. The van der Waals surface area contributed by atoms with Crippen LogP contribution >= 0.6 is 0 Å². The fraction of sp³-hybridized carbons (Fsp3) is 0.538. The van der Waals surface area contributed by atoms with Crippen LogP contribution in [0.15, 0.2) is 23.8 Å². The molecule has 0 aromatic carbocycles. The fourth-order valence-electron chi connectivity index (χ4n) is 2.44. The number of carbonyl (C=O) groups is 2. The van der Waals surface area contributed by atoms with E-state index in [4.69, 9.17) is 0 Å². The molecule has 1 aliphatic heterocycles. The van der Waals surface area contributed by atoms with Gasteiger partial charge in [-0.2, -0.15) is 0 Å². The summed E-state index contributed by atoms with van der Waals surface area (Å²) in [5, 5.41) is 0. The van der Waals surface area contributed by atoms with Crippen LogP contribution in [-0.2, 0) is 9.59 Å². The van der Waals surface area contributed by atoms with Crippen molar-refractivity contribution in [1.29, 1.82) is 0 Å². The molecule has 0 radical (unpaired) electrons. The normalized spacial score (nSPS) is 29.5. The van der Waals surface area contributed by atoms with Crippen molar-refractivity contribution < 1.29 is 9.59 Å². The van der Waals surface area contributed by atoms with Crippen molar-refractivity contribution in [2.75, 3.05) is 6.54 Å². The predicted molar refractivity (Wildman–Crippen MR) is 61.8 cm³/mol. The summed E-state index contributed by atoms with van der Waals surface area (Å²) in [4.78, 5) is 25.0. The van der Waals surface area contributed by atoms with Crippen LogP contribution in [0.4, 0.5) is 0 Å². The quantitative estimate of drug-likeness (QED) is 0.673. The number of nitrogens with zero attached hydrogens (tertiary/aromatic N) is 1. The van der Waals surface area contributed by atoms with Crippen LogP contribution in [0.1, 0.15) is 27.2 Å². The van der Waals surface area contributed by atoms with Crippen molar-refractivity contribution in [2.45, 2.75) is 33.2 Å². The zero-order valence-electron chi connectivity index (χ0n) is 9.99. The Morgan fingerprint density at radius 3 is 2.56 bits per heavy atom. The van der Waals surface area contributed by atoms with Crippen molar-refractivity contribution >= 4 is 11.7 Å². The Morgan fingerprint density at radius 2 is 2.06 bits per heavy atom. The van der Waals surface area contributed by atoms with Crippen LogP contribution in [0.2, 0.25) is 0 Å². The van der Waals surface area contributed by atoms with E-state index in [9.17, 15) is 9.59 Å². The first-order valence-corrected chi connectivity index (χ1v) is 5.66. The Balaban J connectivity index is 2.30. The Kier molecular flexibility index (Phi) is 2.49. The average Bonchev–Trinajstić information content (AvgIpc) is 2.52. The van der Waals surface area contributed by atoms with Gasteiger partial charge in [0.2, 0.25) is 5.91 Å². The van der Waals surface area contributed by atoms with Crippen LogP contribution in [0.3, 0.4) is 0 Å². The summed E-state index contributed by atoms with van der Waals surface area (Å²) in [6.07, 6.45) is 5.64. The first-order chi connectivity index (χ1) is 7.44. The highest BCUT2D eigenvalue weighted by Gasteiger charge is 2.44. The molecule has 0 aromatic heterocycles. The largest absolute Gasteiger partial charge is 0.339 e. The molecule has 2 rings (SSSR count). The number of likely N-dealkylation sites (tertiary alicyclic amines) is 1. The number of allylic oxidation sites excluding steroid dienone is 2. The molecule has 1 spiro atoms. The molecule has 0 unspecified atom stereocenters. The van der Waals surface area contributed by atoms with E-state index in [1.54, 1.807) is 12.2 Å². The number of carbonyl (C=O) groups excluding carboxylic acids is 2. The van der Waals surface area contributed by atoms with Gasteiger partial charge in [-0.15, -0.1) is 0 Å². The third-order valence-corrected chi connectivity index (χ3v) is 3.57. The zero-order valence-corrected chi connectivity index (χ0v) is 9.99. The molecule has 0 N–H and O–H groups in total. The van der Waals surface area contributed by atoms with Gasteiger partial charge in [0.25, 0.3) is 0 Å². The summed E-state index contributed by atoms with van der Waals surface area (Å²) in [5.41, 5.74) is 0.784. The van der Waals surface area contributed by atoms with E-state index in [0.29, 0.717) is 13.0 Å². The lowest BCUT2D eigenvalue weighted by Crippen LogP contribution is -2.34. The summed E-state index contributed by atoms with van der Waals surface area (Å²) < 4.78 is 0. The molecule has 0 saturated carbocycles. The maximum atomic E-state index is 11.9. The minimum Gasteiger partial charge on any atom is -0.339 e. The molecular formula is C13H17NO2. The van der Waals surface area contributed by atoms with Gasteiger partial charge in [-0.3, -0.25) is 9.59 Å². The average molecular weight is 219 g/mol. The lowest BCUT2D eigenvalue weighted by molar-refractivity contribution is -0.129. The van der Waals surface area contributed by atoms with Gasteiger partial charge in [-0.05, 0) is 32.9 Å². The summed E-state index contributed by atoms with van der Waals surface area (Å²) in [5.74, 6) is 0.209. The van der Waals surface area contributed by atoms with Gasteiger partial charge in [-0.25, -0.2) is 0 Å². The van der Waals surface area contributed by atoms with Crippen LogP contribution in [0, 0.1) is 5.41 Å². The second kappa shape index (κ2) is 3.58. The molecule has 0 aromatic rings. The molecule has 0 bridgehead atoms. The monoisotopic (exact) mass is 219 g/mol. The molecule has 1 heterocycles. The summed E-state index contributed by atoms with van der Waals surface area (Å²) in [7, 11) is 0. The minimum atomic E-state index is -0.227. The molecule has 1 atom stereocenters. The van der Waals surface area contributed by atoms with Gasteiger partial charge in [-0.1, -0.05) is 11.6 Å². The molecule has 3 heteroatoms. The third-order valence-electron chi connectivity index (χ3n) is 3.57. The van der Waals surface area contributed by atoms with Crippen LogP contribution < -0.4 is 0 Å². The highest BCUT2D eigenvalue weighted by Crippen LogP contribution is 2.41. The molecule has 86 valence electrons. The molecule has 3 nitrogen and oxygen atoms in total. The van der Waals surface area contributed by atoms with E-state index in [0.717, 1.165) is 5.57 Å². The van der Waals surface area contributed by atoms with Crippen molar-refractivity contribution in [3.8, 4) is 0 Å². The maximum absolute atomic E-state index is 11.9. The SMILES string of the molecule is CC1=CC(=O)C=C[C@]12CC(=O)N(C(C)C)C2. The Hall–Kier alpha value is -1.38. The zero-order chi connectivity index (χ0) is 11.9. The highest BCUT2D eigenvalue weighted by molar-refractivity contribution is 6.01. The standard InChI is InChI=1S/C13H17NO2/c1-9(2)14-8-13(7-12(14)16)5-4-11(15)6-10(13)3/h4-6,9H,7-8H2,1-3H3/t13-/m1/s1. The van der Waals surface area contributed by atoms with E-state index in [2.05, 4.69) is 0 Å². The number of amides is 1. The van der Waals surface area contributed by atoms with Gasteiger partial charge >= 0.3 is 0 Å². The fourth-order valence-corrected chi connectivity index (χ4v) is 2.44. The van der Waals surface area contributed by atoms with E-state index in [-0.39, 0.29) is 23.1 Å². The third kappa shape index (κ3) is 1.60. The smallest absolute Gasteiger partial charge is 0.224 e. The van der Waals surface area contributed by atoms with Gasteiger partial charge in [0.15, 0.2) is 5.78 Å². The van der Waals surface area contributed by atoms with Crippen LogP contribution in [-0.4, -0.2) is 29.2 Å². The summed E-state index contributed by atoms with van der Waals surface area (Å²) in [6, 6.07) is 0.228. The second-order valence-electron chi connectivity index (χ2n) is 5.01. The van der Waals surface area contributed by atoms with Crippen molar-refractivity contribution in [1.82, 2.24) is 4.90 Å². The van der Waals surface area contributed by atoms with Gasteiger partial charge in [0.05, 0.1) is 0 Å². The number of hydrogen-bond acceptors (Lipinski definition) is 2. The predicted octanol–water partition coefficient (Wildman–Crippen LogP) is 1.70. The molecule has 16 heavy (non-hydrogen) atoms. The first-order valence-electron chi connectivity index (χ1n) is 5.66. The summed E-state index contributed by atoms with van der Waals surface area (Å²) >= 11 is 0. The Bertz CT molecular complexity index is 406. The molecular weight excluding hydrogens is 202 g/mol. The Morgan fingerprint density at radius 1 is 1.38 bits per heavy atom. The van der Waals surface area contributed by atoms with Crippen molar-refractivity contribution in [2.24, 2.45) is 5.41 Å². The van der Waals surface area contributed by atoms with Crippen molar-refractivity contribution in [3.63, 3.8) is 0 Å². The van der Waals surface area contributed by atoms with E-state index in [1.807, 2.05) is 31.7 Å². The maximum Gasteiger partial charge on any atom is 0.224 e. The Labute approximate surface area is 95.8 Å². The lowest BCUT2D eigenvalue weighted by atomic mass is 9.76. The van der Waals surface area contributed by atoms with Crippen LogP contribution in [0.5, 0.6) is 0 Å². The van der Waals surface area contributed by atoms with E-state index in [1.165, 1.54) is 0 Å². The number of rotatable bonds is 1. The topological polar surface area (TPSA) is 37.4 Å². The molecule has 1 amide bonds. The number of ketones is 1. The lowest BCUT2D eigenvalue weighted by Gasteiger charge is -2.29. The van der Waals surface area contributed by atoms with E-state index >= 15 is 0 Å². The molecule has 2 aliphatic rings. The molecule has 1 fully saturated rings. The van der Waals surface area contributed by atoms with Crippen molar-refractivity contribution in [3.05, 3.63) is 23.8 Å². The van der Waals surface area contributed by atoms with Gasteiger partial charge < -0.3 is 4.90 Å². The van der Waals surface area contributed by atoms with Crippen LogP contribution in [0.25, 0.3) is 0 Å². The van der Waals surface area contributed by atoms with E-state index < -0.39 is 0 Å². The first kappa shape index (κ1) is 11.1. The van der Waals surface area contributed by atoms with Gasteiger partial charge in [0.1, 0.15) is 0 Å². The second-order valence-corrected chi connectivity index (χ2v) is 5.01.